The second-order valence-electron chi connectivity index (χ2n) is 5.22. The maximum absolute atomic E-state index is 13.4. The monoisotopic (exact) mass is 339 g/mol. The molecule has 8 heteroatoms. The molecule has 0 bridgehead atoms. The molecule has 1 aliphatic rings. The minimum absolute atomic E-state index is 0.297. The minimum Gasteiger partial charge on any atom is -0.352 e. The van der Waals surface area contributed by atoms with Crippen LogP contribution in [0, 0.1) is 17.6 Å². The summed E-state index contributed by atoms with van der Waals surface area (Å²) in [6.07, 6.45) is -1.26. The number of thioether (sulfide) groups is 1. The first-order chi connectivity index (χ1) is 10.2. The number of nitrogens with one attached hydrogen (secondary N) is 1. The van der Waals surface area contributed by atoms with Gasteiger partial charge in [0.2, 0.25) is 0 Å². The van der Waals surface area contributed by atoms with Gasteiger partial charge in [0.25, 0.3) is 5.91 Å². The lowest BCUT2D eigenvalue weighted by Gasteiger charge is -2.34. The molecule has 1 saturated carbocycles. The van der Waals surface area contributed by atoms with E-state index < -0.39 is 34.8 Å². The van der Waals surface area contributed by atoms with Crippen molar-refractivity contribution < 1.29 is 26.7 Å². The van der Waals surface area contributed by atoms with E-state index in [1.54, 1.807) is 11.8 Å². The fourth-order valence-corrected chi connectivity index (χ4v) is 3.28. The molecule has 0 aromatic heterocycles. The average Bonchev–Trinajstić information content (AvgIpc) is 2.34. The average molecular weight is 339 g/mol. The van der Waals surface area contributed by atoms with Crippen molar-refractivity contribution in [1.82, 2.24) is 5.32 Å². The molecule has 1 N–H and O–H groups in total. The first-order valence-corrected chi connectivity index (χ1v) is 7.88. The molecule has 0 spiro atoms. The molecule has 1 amide bonds. The summed E-state index contributed by atoms with van der Waals surface area (Å²) in [5.74, 6) is -4.06. The van der Waals surface area contributed by atoms with E-state index in [1.165, 1.54) is 0 Å². The summed E-state index contributed by atoms with van der Waals surface area (Å²) in [6, 6.07) is 0.819. The smallest absolute Gasteiger partial charge is 0.352 e. The van der Waals surface area contributed by atoms with Crippen LogP contribution in [0.2, 0.25) is 0 Å². The van der Waals surface area contributed by atoms with Gasteiger partial charge < -0.3 is 5.32 Å². The molecular formula is C14H14F5NOS. The van der Waals surface area contributed by atoms with E-state index in [1.807, 2.05) is 6.26 Å². The van der Waals surface area contributed by atoms with Gasteiger partial charge in [0.1, 0.15) is 17.2 Å². The third-order valence-electron chi connectivity index (χ3n) is 3.66. The van der Waals surface area contributed by atoms with Gasteiger partial charge in [-0.15, -0.1) is 0 Å². The van der Waals surface area contributed by atoms with E-state index in [2.05, 4.69) is 5.32 Å². The summed E-state index contributed by atoms with van der Waals surface area (Å²) in [4.78, 5) is 11.8. The number of alkyl halides is 3. The lowest BCUT2D eigenvalue weighted by Crippen LogP contribution is -2.37. The molecule has 0 unspecified atom stereocenters. The van der Waals surface area contributed by atoms with Crippen molar-refractivity contribution in [2.24, 2.45) is 5.92 Å². The Hall–Kier alpha value is -1.31. The molecule has 0 atom stereocenters. The number of amides is 1. The van der Waals surface area contributed by atoms with Gasteiger partial charge in [-0.3, -0.25) is 4.79 Å². The number of rotatable bonds is 4. The van der Waals surface area contributed by atoms with Crippen LogP contribution >= 0.6 is 11.8 Å². The van der Waals surface area contributed by atoms with Crippen LogP contribution in [0.25, 0.3) is 0 Å². The number of carbonyl (C=O) groups is 1. The molecule has 0 aliphatic heterocycles. The molecular weight excluding hydrogens is 325 g/mol. The Kier molecular flexibility index (Phi) is 4.99. The summed E-state index contributed by atoms with van der Waals surface area (Å²) in [7, 11) is 0. The van der Waals surface area contributed by atoms with Crippen molar-refractivity contribution in [3.8, 4) is 0 Å². The van der Waals surface area contributed by atoms with Crippen molar-refractivity contribution in [1.29, 1.82) is 0 Å². The first kappa shape index (κ1) is 17.1. The fourth-order valence-electron chi connectivity index (χ4n) is 2.35. The Morgan fingerprint density at radius 3 is 2.27 bits per heavy atom. The summed E-state index contributed by atoms with van der Waals surface area (Å²) in [5, 5.41) is 3.05. The van der Waals surface area contributed by atoms with E-state index in [4.69, 9.17) is 0 Å². The van der Waals surface area contributed by atoms with E-state index >= 15 is 0 Å². The molecule has 1 aromatic rings. The van der Waals surface area contributed by atoms with Crippen LogP contribution in [0.3, 0.4) is 0 Å². The van der Waals surface area contributed by atoms with Crippen molar-refractivity contribution in [2.45, 2.75) is 24.3 Å². The molecule has 22 heavy (non-hydrogen) atoms. The third-order valence-corrected chi connectivity index (χ3v) is 4.72. The second-order valence-corrected chi connectivity index (χ2v) is 6.36. The predicted octanol–water partition coefficient (Wildman–Crippen LogP) is 3.86. The van der Waals surface area contributed by atoms with Gasteiger partial charge in [-0.1, -0.05) is 0 Å². The SMILES string of the molecule is CSC1CC(CNC(=O)c2cc(F)c(C(F)(F)F)c(F)c2)C1. The van der Waals surface area contributed by atoms with E-state index in [9.17, 15) is 26.7 Å². The lowest BCUT2D eigenvalue weighted by molar-refractivity contribution is -0.142. The summed E-state index contributed by atoms with van der Waals surface area (Å²) in [6.45, 7) is 0.347. The van der Waals surface area contributed by atoms with E-state index in [0.717, 1.165) is 12.8 Å². The van der Waals surface area contributed by atoms with Gasteiger partial charge in [0, 0.05) is 17.4 Å². The first-order valence-electron chi connectivity index (χ1n) is 6.59. The molecule has 0 saturated heterocycles. The number of hydrogen-bond acceptors (Lipinski definition) is 2. The summed E-state index contributed by atoms with van der Waals surface area (Å²) < 4.78 is 64.1. The molecule has 122 valence electrons. The van der Waals surface area contributed by atoms with Crippen LogP contribution < -0.4 is 5.32 Å². The van der Waals surface area contributed by atoms with Crippen LogP contribution in [-0.4, -0.2) is 24.0 Å². The van der Waals surface area contributed by atoms with Crippen LogP contribution in [-0.2, 0) is 6.18 Å². The van der Waals surface area contributed by atoms with Gasteiger partial charge in [-0.05, 0) is 37.1 Å². The van der Waals surface area contributed by atoms with Crippen molar-refractivity contribution in [3.05, 3.63) is 34.9 Å². The molecule has 2 rings (SSSR count). The lowest BCUT2D eigenvalue weighted by atomic mass is 9.85. The maximum Gasteiger partial charge on any atom is 0.422 e. The highest BCUT2D eigenvalue weighted by Gasteiger charge is 2.38. The van der Waals surface area contributed by atoms with Crippen molar-refractivity contribution in [3.63, 3.8) is 0 Å². The number of benzene rings is 1. The Balaban J connectivity index is 2.02. The predicted molar refractivity (Wildman–Crippen MR) is 73.7 cm³/mol. The van der Waals surface area contributed by atoms with Crippen LogP contribution in [0.5, 0.6) is 0 Å². The molecule has 0 heterocycles. The highest BCUT2D eigenvalue weighted by Crippen LogP contribution is 2.35. The third kappa shape index (κ3) is 3.71. The van der Waals surface area contributed by atoms with E-state index in [-0.39, 0.29) is 0 Å². The van der Waals surface area contributed by atoms with Crippen molar-refractivity contribution >= 4 is 17.7 Å². The molecule has 1 fully saturated rings. The zero-order valence-electron chi connectivity index (χ0n) is 11.6. The summed E-state index contributed by atoms with van der Waals surface area (Å²) in [5.41, 5.74) is -2.44. The topological polar surface area (TPSA) is 29.1 Å². The van der Waals surface area contributed by atoms with Gasteiger partial charge in [0.05, 0.1) is 0 Å². The summed E-state index contributed by atoms with van der Waals surface area (Å²) >= 11 is 1.74. The minimum atomic E-state index is -5.14. The zero-order valence-corrected chi connectivity index (χ0v) is 12.5. The fraction of sp³-hybridized carbons (Fsp3) is 0.500. The number of hydrogen-bond donors (Lipinski definition) is 1. The Bertz CT molecular complexity index is 546. The highest BCUT2D eigenvalue weighted by atomic mass is 32.2. The van der Waals surface area contributed by atoms with Gasteiger partial charge in [-0.2, -0.15) is 24.9 Å². The second kappa shape index (κ2) is 6.44. The van der Waals surface area contributed by atoms with Crippen LogP contribution in [0.1, 0.15) is 28.8 Å². The van der Waals surface area contributed by atoms with Crippen LogP contribution in [0.4, 0.5) is 22.0 Å². The highest BCUT2D eigenvalue weighted by molar-refractivity contribution is 7.99. The van der Waals surface area contributed by atoms with Gasteiger partial charge in [0.15, 0.2) is 0 Å². The van der Waals surface area contributed by atoms with E-state index in [0.29, 0.717) is 29.8 Å². The molecule has 1 aliphatic carbocycles. The Labute approximate surface area is 128 Å². The van der Waals surface area contributed by atoms with Crippen LogP contribution in [0.15, 0.2) is 12.1 Å². The standard InChI is InChI=1S/C14H14F5NOS/c1-22-9-2-7(3-9)6-20-13(21)8-4-10(15)12(11(16)5-8)14(17,18)19/h4-5,7,9H,2-3,6H2,1H3,(H,20,21). The maximum atomic E-state index is 13.4. The van der Waals surface area contributed by atoms with Gasteiger partial charge in [-0.25, -0.2) is 8.78 Å². The molecule has 2 nitrogen and oxygen atoms in total. The van der Waals surface area contributed by atoms with Gasteiger partial charge >= 0.3 is 6.18 Å². The number of carbonyl (C=O) groups excluding carboxylic acids is 1. The molecule has 0 radical (unpaired) electrons. The van der Waals surface area contributed by atoms with Crippen molar-refractivity contribution in [2.75, 3.05) is 12.8 Å². The largest absolute Gasteiger partial charge is 0.422 e. The quantitative estimate of drug-likeness (QED) is 0.844. The molecule has 1 aromatic carbocycles. The normalized spacial score (nSPS) is 21.4. The zero-order chi connectivity index (χ0) is 16.5. The Morgan fingerprint density at radius 1 is 1.27 bits per heavy atom. The Morgan fingerprint density at radius 2 is 1.82 bits per heavy atom. The number of halogens is 5.